The first-order valence-electron chi connectivity index (χ1n) is 9.85. The number of methoxy groups -OCH3 is 1. The molecular weight excluding hydrogens is 487 g/mol. The average molecular weight is 520 g/mol. The van der Waals surface area contributed by atoms with Crippen LogP contribution in [-0.4, -0.2) is 56.4 Å². The lowest BCUT2D eigenvalue weighted by molar-refractivity contribution is 0.0963. The Balaban J connectivity index is 0.00000420. The van der Waals surface area contributed by atoms with E-state index in [4.69, 9.17) is 19.9 Å². The van der Waals surface area contributed by atoms with Crippen molar-refractivity contribution in [2.24, 2.45) is 10.7 Å². The van der Waals surface area contributed by atoms with Crippen molar-refractivity contribution < 1.29 is 19.0 Å². The number of piperidine rings is 1. The van der Waals surface area contributed by atoms with E-state index in [1.807, 2.05) is 25.1 Å². The second kappa shape index (κ2) is 13.3. The monoisotopic (exact) mass is 520 g/mol. The van der Waals surface area contributed by atoms with E-state index in [2.05, 4.69) is 17.2 Å². The second-order valence-electron chi connectivity index (χ2n) is 6.64. The van der Waals surface area contributed by atoms with Crippen LogP contribution < -0.4 is 20.5 Å². The molecule has 1 saturated heterocycles. The number of carbonyl (C=O) groups is 1. The fourth-order valence-electron chi connectivity index (χ4n) is 2.99. The number of hydrogen-bond acceptors (Lipinski definition) is 5. The molecule has 1 aliphatic heterocycles. The van der Waals surface area contributed by atoms with Gasteiger partial charge >= 0.3 is 6.09 Å². The predicted octanol–water partition coefficient (Wildman–Crippen LogP) is 3.13. The minimum absolute atomic E-state index is 0. The van der Waals surface area contributed by atoms with Crippen LogP contribution in [0, 0.1) is 0 Å². The number of benzene rings is 1. The normalized spacial score (nSPS) is 14.7. The summed E-state index contributed by atoms with van der Waals surface area (Å²) in [6.45, 7) is 6.68. The van der Waals surface area contributed by atoms with Gasteiger partial charge in [-0.1, -0.05) is 13.0 Å². The molecule has 0 spiro atoms. The number of rotatable bonds is 8. The van der Waals surface area contributed by atoms with Crippen LogP contribution in [0.15, 0.2) is 23.2 Å². The highest BCUT2D eigenvalue weighted by Gasteiger charge is 2.23. The summed E-state index contributed by atoms with van der Waals surface area (Å²) in [6.07, 6.45) is 2.32. The fourth-order valence-corrected chi connectivity index (χ4v) is 2.99. The molecule has 164 valence electrons. The van der Waals surface area contributed by atoms with Gasteiger partial charge in [0.1, 0.15) is 0 Å². The van der Waals surface area contributed by atoms with Crippen LogP contribution in [0.25, 0.3) is 0 Å². The summed E-state index contributed by atoms with van der Waals surface area (Å²) in [5.41, 5.74) is 7.03. The maximum atomic E-state index is 11.7. The van der Waals surface area contributed by atoms with Crippen molar-refractivity contribution in [1.82, 2.24) is 10.2 Å². The Morgan fingerprint density at radius 2 is 2.00 bits per heavy atom. The quantitative estimate of drug-likeness (QED) is 0.311. The molecule has 0 atom stereocenters. The number of ether oxygens (including phenoxy) is 3. The Bertz CT molecular complexity index is 664. The molecule has 2 rings (SSSR count). The maximum Gasteiger partial charge on any atom is 0.409 e. The van der Waals surface area contributed by atoms with E-state index in [0.29, 0.717) is 44.6 Å². The summed E-state index contributed by atoms with van der Waals surface area (Å²) in [4.78, 5) is 17.9. The van der Waals surface area contributed by atoms with Gasteiger partial charge in [-0.05, 0) is 43.9 Å². The van der Waals surface area contributed by atoms with Gasteiger partial charge in [-0.2, -0.15) is 0 Å². The number of amides is 1. The Labute approximate surface area is 190 Å². The van der Waals surface area contributed by atoms with Crippen molar-refractivity contribution in [3.05, 3.63) is 23.8 Å². The summed E-state index contributed by atoms with van der Waals surface area (Å²) < 4.78 is 16.1. The Kier molecular flexibility index (Phi) is 11.6. The highest BCUT2D eigenvalue weighted by atomic mass is 127. The molecule has 0 aliphatic carbocycles. The van der Waals surface area contributed by atoms with E-state index in [1.54, 1.807) is 12.0 Å². The number of carbonyl (C=O) groups excluding carboxylic acids is 1. The average Bonchev–Trinajstić information content (AvgIpc) is 2.71. The number of halogens is 1. The fraction of sp³-hybridized carbons (Fsp3) is 0.600. The second-order valence-corrected chi connectivity index (χ2v) is 6.64. The molecule has 0 aromatic heterocycles. The molecule has 1 heterocycles. The lowest BCUT2D eigenvalue weighted by Gasteiger charge is -2.31. The van der Waals surface area contributed by atoms with Gasteiger partial charge in [-0.3, -0.25) is 0 Å². The lowest BCUT2D eigenvalue weighted by Crippen LogP contribution is -2.48. The minimum Gasteiger partial charge on any atom is -0.493 e. The number of nitrogens with one attached hydrogen (secondary N) is 1. The van der Waals surface area contributed by atoms with E-state index in [1.165, 1.54) is 0 Å². The third-order valence-electron chi connectivity index (χ3n) is 4.49. The molecule has 29 heavy (non-hydrogen) atoms. The molecule has 0 radical (unpaired) electrons. The lowest BCUT2D eigenvalue weighted by atomic mass is 10.1. The van der Waals surface area contributed by atoms with Gasteiger partial charge in [-0.15, -0.1) is 24.0 Å². The predicted molar refractivity (Wildman–Crippen MR) is 124 cm³/mol. The minimum atomic E-state index is -0.247. The molecule has 3 N–H and O–H groups in total. The summed E-state index contributed by atoms with van der Waals surface area (Å²) in [6, 6.07) is 5.98. The van der Waals surface area contributed by atoms with Crippen LogP contribution in [0.5, 0.6) is 11.5 Å². The third-order valence-corrected chi connectivity index (χ3v) is 4.49. The van der Waals surface area contributed by atoms with Crippen molar-refractivity contribution in [2.45, 2.75) is 45.7 Å². The molecule has 1 fully saturated rings. The van der Waals surface area contributed by atoms with Crippen LogP contribution in [0.4, 0.5) is 4.79 Å². The standard InChI is InChI=1S/C20H32N4O4.HI/c1-4-12-28-17-7-6-15(13-18(17)26-3)14-22-19(21)23-16-8-10-24(11-9-16)20(25)27-5-2;/h6-7,13,16H,4-5,8-12,14H2,1-3H3,(H3,21,22,23);1H. The SMILES string of the molecule is CCCOc1ccc(CN=C(N)NC2CCN(C(=O)OCC)CC2)cc1OC.I. The first-order chi connectivity index (χ1) is 13.6. The first-order valence-corrected chi connectivity index (χ1v) is 9.85. The zero-order valence-corrected chi connectivity index (χ0v) is 19.8. The van der Waals surface area contributed by atoms with Gasteiger partial charge < -0.3 is 30.2 Å². The molecule has 1 amide bonds. The summed E-state index contributed by atoms with van der Waals surface area (Å²) in [7, 11) is 1.62. The highest BCUT2D eigenvalue weighted by molar-refractivity contribution is 14.0. The summed E-state index contributed by atoms with van der Waals surface area (Å²) >= 11 is 0. The summed E-state index contributed by atoms with van der Waals surface area (Å²) in [5.74, 6) is 1.83. The summed E-state index contributed by atoms with van der Waals surface area (Å²) in [5, 5.41) is 3.24. The van der Waals surface area contributed by atoms with Gasteiger partial charge in [0.05, 0.1) is 26.9 Å². The smallest absolute Gasteiger partial charge is 0.409 e. The molecule has 1 aromatic rings. The molecule has 9 heteroatoms. The van der Waals surface area contributed by atoms with Crippen molar-refractivity contribution in [1.29, 1.82) is 0 Å². The van der Waals surface area contributed by atoms with Crippen LogP contribution >= 0.6 is 24.0 Å². The first kappa shape index (κ1) is 25.1. The van der Waals surface area contributed by atoms with Gasteiger partial charge in [0.25, 0.3) is 0 Å². The zero-order valence-electron chi connectivity index (χ0n) is 17.5. The molecular formula is C20H33IN4O4. The molecule has 0 saturated carbocycles. The largest absolute Gasteiger partial charge is 0.493 e. The Morgan fingerprint density at radius 1 is 1.28 bits per heavy atom. The highest BCUT2D eigenvalue weighted by Crippen LogP contribution is 2.28. The number of likely N-dealkylation sites (tertiary alicyclic amines) is 1. The Morgan fingerprint density at radius 3 is 2.62 bits per heavy atom. The van der Waals surface area contributed by atoms with Crippen molar-refractivity contribution >= 4 is 36.0 Å². The molecule has 1 aromatic carbocycles. The number of nitrogens with two attached hydrogens (primary N) is 1. The van der Waals surface area contributed by atoms with Crippen molar-refractivity contribution in [2.75, 3.05) is 33.4 Å². The number of guanidine groups is 1. The van der Waals surface area contributed by atoms with Crippen molar-refractivity contribution in [3.8, 4) is 11.5 Å². The zero-order chi connectivity index (χ0) is 20.4. The third kappa shape index (κ3) is 8.15. The van der Waals surface area contributed by atoms with Crippen LogP contribution in [0.2, 0.25) is 0 Å². The van der Waals surface area contributed by atoms with Gasteiger partial charge in [-0.25, -0.2) is 9.79 Å². The van der Waals surface area contributed by atoms with Crippen molar-refractivity contribution in [3.63, 3.8) is 0 Å². The number of hydrogen-bond donors (Lipinski definition) is 2. The maximum absolute atomic E-state index is 11.7. The molecule has 1 aliphatic rings. The molecule has 8 nitrogen and oxygen atoms in total. The van der Waals surface area contributed by atoms with E-state index in [0.717, 1.165) is 30.6 Å². The number of nitrogens with zero attached hydrogens (tertiary/aromatic N) is 2. The molecule has 0 unspecified atom stereocenters. The van der Waals surface area contributed by atoms with Gasteiger partial charge in [0.2, 0.25) is 0 Å². The van der Waals surface area contributed by atoms with E-state index in [9.17, 15) is 4.79 Å². The topological polar surface area (TPSA) is 98.4 Å². The van der Waals surface area contributed by atoms with Gasteiger partial charge in [0.15, 0.2) is 17.5 Å². The van der Waals surface area contributed by atoms with Crippen LogP contribution in [0.1, 0.15) is 38.7 Å². The Hall–Kier alpha value is -1.91. The van der Waals surface area contributed by atoms with Gasteiger partial charge in [0, 0.05) is 19.1 Å². The number of aliphatic imine (C=N–C) groups is 1. The van der Waals surface area contributed by atoms with Crippen LogP contribution in [0.3, 0.4) is 0 Å². The molecule has 0 bridgehead atoms. The van der Waals surface area contributed by atoms with Crippen LogP contribution in [-0.2, 0) is 11.3 Å². The van der Waals surface area contributed by atoms with E-state index < -0.39 is 0 Å². The van der Waals surface area contributed by atoms with E-state index >= 15 is 0 Å². The van der Waals surface area contributed by atoms with E-state index in [-0.39, 0.29) is 36.1 Å².